The van der Waals surface area contributed by atoms with Gasteiger partial charge in [-0.15, -0.1) is 10.2 Å². The summed E-state index contributed by atoms with van der Waals surface area (Å²) in [6.07, 6.45) is -10.1. The molecule has 1 aromatic heterocycles. The topological polar surface area (TPSA) is 114 Å². The van der Waals surface area contributed by atoms with Crippen LogP contribution in [0.25, 0.3) is 11.4 Å². The number of nitrogens with one attached hydrogen (secondary N) is 3. The largest absolute Gasteiger partial charge is 0.416 e. The van der Waals surface area contributed by atoms with E-state index in [2.05, 4.69) is 31.6 Å². The summed E-state index contributed by atoms with van der Waals surface area (Å²) in [6.45, 7) is 6.39. The summed E-state index contributed by atoms with van der Waals surface area (Å²) in [5.74, 6) is -1.38. The lowest BCUT2D eigenvalue weighted by Crippen LogP contribution is -2.53. The van der Waals surface area contributed by atoms with Crippen molar-refractivity contribution in [3.05, 3.63) is 29.3 Å². The van der Waals surface area contributed by atoms with E-state index in [0.717, 1.165) is 0 Å². The monoisotopic (exact) mass is 467 g/mol. The molecule has 0 radical (unpaired) electrons. The van der Waals surface area contributed by atoms with Gasteiger partial charge in [0, 0.05) is 11.1 Å². The number of nitrogens with zero attached hydrogens (tertiary/aromatic N) is 4. The Morgan fingerprint density at radius 2 is 1.47 bits per heavy atom. The Kier molecular flexibility index (Phi) is 6.70. The molecule has 2 rings (SSSR count). The zero-order valence-corrected chi connectivity index (χ0v) is 17.2. The van der Waals surface area contributed by atoms with E-state index in [1.54, 1.807) is 20.8 Å². The number of urea groups is 1. The Morgan fingerprint density at radius 3 is 1.94 bits per heavy atom. The second-order valence-electron chi connectivity index (χ2n) is 7.72. The van der Waals surface area contributed by atoms with Crippen molar-refractivity contribution in [1.29, 1.82) is 0 Å². The number of amides is 3. The molecule has 0 aliphatic rings. The van der Waals surface area contributed by atoms with Crippen LogP contribution in [0.5, 0.6) is 0 Å². The summed E-state index contributed by atoms with van der Waals surface area (Å²) >= 11 is 0. The number of tetrazole rings is 1. The molecule has 176 valence electrons. The Morgan fingerprint density at radius 1 is 0.938 bits per heavy atom. The van der Waals surface area contributed by atoms with Crippen molar-refractivity contribution in [1.82, 2.24) is 36.4 Å². The van der Waals surface area contributed by atoms with Crippen LogP contribution in [0.1, 0.15) is 44.9 Å². The zero-order valence-electron chi connectivity index (χ0n) is 17.2. The van der Waals surface area contributed by atoms with Gasteiger partial charge in [-0.05, 0) is 51.1 Å². The molecule has 0 fully saturated rings. The van der Waals surface area contributed by atoms with E-state index < -0.39 is 58.4 Å². The normalized spacial score (nSPS) is 13.4. The van der Waals surface area contributed by atoms with Crippen molar-refractivity contribution in [2.75, 3.05) is 0 Å². The van der Waals surface area contributed by atoms with Crippen LogP contribution in [0.4, 0.5) is 31.1 Å². The molecule has 1 heterocycles. The standard InChI is InChI=1S/C17H19F6N7O2/c1-8(13(31)26-27-14(32)24-15(2,3)4)30-28-12(25-29-30)9-5-10(16(18,19)20)7-11(6-9)17(21,22)23/h5-8H,1-4H3,(H,26,31)(H2,24,27,32)/t8-/m0/s1. The Hall–Kier alpha value is -3.39. The van der Waals surface area contributed by atoms with Crippen molar-refractivity contribution >= 4 is 11.9 Å². The number of carbonyl (C=O) groups excluding carboxylic acids is 2. The number of hydrazine groups is 1. The molecule has 0 aliphatic heterocycles. The fraction of sp³-hybridized carbons (Fsp3) is 0.471. The van der Waals surface area contributed by atoms with Gasteiger partial charge in [0.15, 0.2) is 6.04 Å². The minimum Gasteiger partial charge on any atom is -0.332 e. The number of hydrogen-bond acceptors (Lipinski definition) is 5. The highest BCUT2D eigenvalue weighted by atomic mass is 19.4. The van der Waals surface area contributed by atoms with Crippen molar-refractivity contribution < 1.29 is 35.9 Å². The van der Waals surface area contributed by atoms with Crippen LogP contribution < -0.4 is 16.2 Å². The number of rotatable bonds is 3. The van der Waals surface area contributed by atoms with Gasteiger partial charge in [0.25, 0.3) is 5.91 Å². The average molecular weight is 467 g/mol. The molecular weight excluding hydrogens is 448 g/mol. The van der Waals surface area contributed by atoms with Crippen molar-refractivity contribution in [2.45, 2.75) is 51.6 Å². The zero-order chi connectivity index (χ0) is 24.5. The second kappa shape index (κ2) is 8.63. The Labute approximate surface area is 177 Å². The maximum absolute atomic E-state index is 13.0. The first-order valence-corrected chi connectivity index (χ1v) is 8.95. The lowest BCUT2D eigenvalue weighted by molar-refractivity contribution is -0.143. The summed E-state index contributed by atoms with van der Waals surface area (Å²) < 4.78 is 78.1. The van der Waals surface area contributed by atoms with E-state index in [4.69, 9.17) is 0 Å². The molecule has 1 aromatic carbocycles. The van der Waals surface area contributed by atoms with E-state index in [9.17, 15) is 35.9 Å². The predicted octanol–water partition coefficient (Wildman–Crippen LogP) is 3.07. The molecule has 0 bridgehead atoms. The third-order valence-electron chi connectivity index (χ3n) is 3.79. The van der Waals surface area contributed by atoms with Crippen LogP contribution in [0.15, 0.2) is 18.2 Å². The molecule has 3 N–H and O–H groups in total. The van der Waals surface area contributed by atoms with E-state index in [1.807, 2.05) is 0 Å². The molecule has 15 heteroatoms. The molecule has 2 aromatic rings. The van der Waals surface area contributed by atoms with Gasteiger partial charge >= 0.3 is 18.4 Å². The molecule has 0 unspecified atom stereocenters. The van der Waals surface area contributed by atoms with Gasteiger partial charge in [-0.2, -0.15) is 31.1 Å². The number of alkyl halides is 6. The molecule has 0 saturated carbocycles. The number of hydrogen-bond donors (Lipinski definition) is 3. The number of carbonyl (C=O) groups is 2. The highest BCUT2D eigenvalue weighted by molar-refractivity contribution is 5.83. The van der Waals surface area contributed by atoms with Gasteiger partial charge in [-0.25, -0.2) is 10.2 Å². The molecule has 1 atom stereocenters. The molecule has 0 spiro atoms. The highest BCUT2D eigenvalue weighted by Gasteiger charge is 2.37. The number of halogens is 6. The van der Waals surface area contributed by atoms with Crippen molar-refractivity contribution in [3.8, 4) is 11.4 Å². The van der Waals surface area contributed by atoms with E-state index >= 15 is 0 Å². The summed E-state index contributed by atoms with van der Waals surface area (Å²) in [5, 5.41) is 13.2. The van der Waals surface area contributed by atoms with E-state index in [0.29, 0.717) is 16.9 Å². The van der Waals surface area contributed by atoms with Crippen LogP contribution in [0.2, 0.25) is 0 Å². The molecule has 0 saturated heterocycles. The lowest BCUT2D eigenvalue weighted by Gasteiger charge is -2.21. The van der Waals surface area contributed by atoms with Crippen LogP contribution in [-0.2, 0) is 17.1 Å². The van der Waals surface area contributed by atoms with Gasteiger partial charge < -0.3 is 5.32 Å². The van der Waals surface area contributed by atoms with Gasteiger partial charge in [-0.1, -0.05) is 0 Å². The first kappa shape index (κ1) is 24.9. The highest BCUT2D eigenvalue weighted by Crippen LogP contribution is 2.38. The first-order valence-electron chi connectivity index (χ1n) is 8.95. The Bertz CT molecular complexity index is 962. The fourth-order valence-corrected chi connectivity index (χ4v) is 2.29. The molecule has 9 nitrogen and oxygen atoms in total. The third kappa shape index (κ3) is 6.55. The first-order chi connectivity index (χ1) is 14.5. The second-order valence-corrected chi connectivity index (χ2v) is 7.72. The van der Waals surface area contributed by atoms with Crippen LogP contribution in [-0.4, -0.2) is 37.7 Å². The smallest absolute Gasteiger partial charge is 0.332 e. The quantitative estimate of drug-likeness (QED) is 0.474. The van der Waals surface area contributed by atoms with Gasteiger partial charge in [-0.3, -0.25) is 10.2 Å². The van der Waals surface area contributed by atoms with E-state index in [-0.39, 0.29) is 6.07 Å². The minimum absolute atomic E-state index is 0.0295. The molecule has 3 amide bonds. The maximum atomic E-state index is 13.0. The van der Waals surface area contributed by atoms with Gasteiger partial charge in [0.05, 0.1) is 11.1 Å². The number of benzene rings is 1. The minimum atomic E-state index is -5.04. The molecule has 32 heavy (non-hydrogen) atoms. The van der Waals surface area contributed by atoms with E-state index in [1.165, 1.54) is 6.92 Å². The summed E-state index contributed by atoms with van der Waals surface area (Å²) in [4.78, 5) is 24.5. The summed E-state index contributed by atoms with van der Waals surface area (Å²) in [5.41, 5.74) is -0.0850. The van der Waals surface area contributed by atoms with Gasteiger partial charge in [0.2, 0.25) is 5.82 Å². The van der Waals surface area contributed by atoms with Crippen LogP contribution >= 0.6 is 0 Å². The van der Waals surface area contributed by atoms with Gasteiger partial charge in [0.1, 0.15) is 0 Å². The van der Waals surface area contributed by atoms with Crippen LogP contribution in [0.3, 0.4) is 0 Å². The molecule has 0 aliphatic carbocycles. The predicted molar refractivity (Wildman–Crippen MR) is 97.5 cm³/mol. The SMILES string of the molecule is C[C@@H](C(=O)NNC(=O)NC(C)(C)C)n1nnc(-c2cc(C(F)(F)F)cc(C(F)(F)F)c2)n1. The van der Waals surface area contributed by atoms with Crippen molar-refractivity contribution in [3.63, 3.8) is 0 Å². The fourth-order valence-electron chi connectivity index (χ4n) is 2.29. The third-order valence-corrected chi connectivity index (χ3v) is 3.79. The average Bonchev–Trinajstić information content (AvgIpc) is 3.12. The Balaban J connectivity index is 2.23. The summed E-state index contributed by atoms with van der Waals surface area (Å²) in [7, 11) is 0. The summed E-state index contributed by atoms with van der Waals surface area (Å²) in [6, 6.07) is -1.06. The number of aromatic nitrogens is 4. The van der Waals surface area contributed by atoms with Crippen LogP contribution in [0, 0.1) is 0 Å². The molecular formula is C17H19F6N7O2. The maximum Gasteiger partial charge on any atom is 0.416 e. The van der Waals surface area contributed by atoms with Crippen molar-refractivity contribution in [2.24, 2.45) is 0 Å². The lowest BCUT2D eigenvalue weighted by atomic mass is 10.0.